The van der Waals surface area contributed by atoms with Crippen molar-refractivity contribution in [3.8, 4) is 0 Å². The number of carbonyl (C=O) groups is 1. The molecule has 0 radical (unpaired) electrons. The van der Waals surface area contributed by atoms with Gasteiger partial charge in [0, 0.05) is 31.4 Å². The number of urea groups is 1. The molecule has 1 atom stereocenters. The molecule has 0 saturated carbocycles. The van der Waals surface area contributed by atoms with Crippen LogP contribution < -0.4 is 15.5 Å². The van der Waals surface area contributed by atoms with Gasteiger partial charge in [0.2, 0.25) is 0 Å². The summed E-state index contributed by atoms with van der Waals surface area (Å²) in [6.45, 7) is 4.37. The number of nitrogens with one attached hydrogen (secondary N) is 2. The van der Waals surface area contributed by atoms with Crippen LogP contribution >= 0.6 is 0 Å². The highest BCUT2D eigenvalue weighted by molar-refractivity contribution is 5.73. The van der Waals surface area contributed by atoms with Crippen LogP contribution in [0.2, 0.25) is 0 Å². The Bertz CT molecular complexity index is 380. The molecular weight excluding hydrogens is 226 g/mol. The number of nitrogens with zero attached hydrogens (tertiary/aromatic N) is 1. The van der Waals surface area contributed by atoms with E-state index in [2.05, 4.69) is 39.8 Å². The first-order valence-electron chi connectivity index (χ1n) is 6.64. The van der Waals surface area contributed by atoms with Gasteiger partial charge < -0.3 is 15.5 Å². The van der Waals surface area contributed by atoms with Gasteiger partial charge in [-0.15, -0.1) is 0 Å². The van der Waals surface area contributed by atoms with Crippen molar-refractivity contribution >= 4 is 11.7 Å². The molecule has 2 N–H and O–H groups in total. The topological polar surface area (TPSA) is 44.4 Å². The molecule has 2 rings (SSSR count). The molecule has 4 heteroatoms. The Morgan fingerprint density at radius 2 is 2.11 bits per heavy atom. The van der Waals surface area contributed by atoms with Gasteiger partial charge in [-0.05, 0) is 31.9 Å². The van der Waals surface area contributed by atoms with Crippen LogP contribution in [0.4, 0.5) is 10.5 Å². The van der Waals surface area contributed by atoms with Crippen molar-refractivity contribution in [2.45, 2.75) is 25.8 Å². The van der Waals surface area contributed by atoms with Gasteiger partial charge in [0.15, 0.2) is 0 Å². The van der Waals surface area contributed by atoms with E-state index in [0.29, 0.717) is 19.1 Å². The average Bonchev–Trinajstić information content (AvgIpc) is 2.86. The quantitative estimate of drug-likeness (QED) is 0.854. The van der Waals surface area contributed by atoms with Gasteiger partial charge in [-0.25, -0.2) is 4.79 Å². The summed E-state index contributed by atoms with van der Waals surface area (Å²) in [4.78, 5) is 13.8. The Hall–Kier alpha value is -1.71. The Labute approximate surface area is 108 Å². The largest absolute Gasteiger partial charge is 0.367 e. The fourth-order valence-corrected chi connectivity index (χ4v) is 2.44. The Morgan fingerprint density at radius 3 is 2.83 bits per heavy atom. The predicted molar refractivity (Wildman–Crippen MR) is 73.9 cm³/mol. The second kappa shape index (κ2) is 6.28. The van der Waals surface area contributed by atoms with E-state index in [1.165, 1.54) is 12.1 Å². The highest BCUT2D eigenvalue weighted by Gasteiger charge is 2.24. The molecule has 18 heavy (non-hydrogen) atoms. The van der Waals surface area contributed by atoms with E-state index in [9.17, 15) is 4.79 Å². The van der Waals surface area contributed by atoms with Gasteiger partial charge in [-0.1, -0.05) is 18.2 Å². The van der Waals surface area contributed by atoms with Crippen molar-refractivity contribution in [2.24, 2.45) is 0 Å². The zero-order valence-electron chi connectivity index (χ0n) is 10.9. The number of carbonyl (C=O) groups excluding carboxylic acids is 1. The van der Waals surface area contributed by atoms with Gasteiger partial charge in [-0.2, -0.15) is 0 Å². The van der Waals surface area contributed by atoms with Crippen molar-refractivity contribution in [1.29, 1.82) is 0 Å². The van der Waals surface area contributed by atoms with Crippen molar-refractivity contribution in [2.75, 3.05) is 24.5 Å². The molecule has 2 amide bonds. The summed E-state index contributed by atoms with van der Waals surface area (Å²) in [5, 5.41) is 5.69. The maximum atomic E-state index is 11.4. The summed E-state index contributed by atoms with van der Waals surface area (Å²) in [6.07, 6.45) is 2.33. The molecule has 1 heterocycles. The fraction of sp³-hybridized carbons (Fsp3) is 0.500. The number of hydrogen-bond acceptors (Lipinski definition) is 2. The molecule has 0 aliphatic carbocycles. The maximum absolute atomic E-state index is 11.4. The summed E-state index contributed by atoms with van der Waals surface area (Å²) < 4.78 is 0. The number of benzene rings is 1. The highest BCUT2D eigenvalue weighted by Crippen LogP contribution is 2.24. The molecule has 0 spiro atoms. The number of rotatable bonds is 4. The maximum Gasteiger partial charge on any atom is 0.314 e. The van der Waals surface area contributed by atoms with Gasteiger partial charge in [0.05, 0.1) is 0 Å². The zero-order valence-corrected chi connectivity index (χ0v) is 10.9. The first-order chi connectivity index (χ1) is 8.81. The Balaban J connectivity index is 1.90. The van der Waals surface area contributed by atoms with Crippen molar-refractivity contribution < 1.29 is 4.79 Å². The van der Waals surface area contributed by atoms with Crippen LogP contribution in [0.5, 0.6) is 0 Å². The fourth-order valence-electron chi connectivity index (χ4n) is 2.44. The van der Waals surface area contributed by atoms with Gasteiger partial charge in [-0.3, -0.25) is 0 Å². The lowest BCUT2D eigenvalue weighted by molar-refractivity contribution is 0.240. The molecule has 1 aromatic rings. The third-order valence-corrected chi connectivity index (χ3v) is 3.30. The van der Waals surface area contributed by atoms with Crippen LogP contribution in [-0.2, 0) is 0 Å². The average molecular weight is 247 g/mol. The SMILES string of the molecule is CCNC(=O)NC[C@@H]1CCCN1c1ccccc1. The van der Waals surface area contributed by atoms with Gasteiger partial charge in [0.25, 0.3) is 0 Å². The van der Waals surface area contributed by atoms with Crippen LogP contribution in [0.25, 0.3) is 0 Å². The summed E-state index contributed by atoms with van der Waals surface area (Å²) in [6, 6.07) is 10.7. The minimum Gasteiger partial charge on any atom is -0.367 e. The second-order valence-electron chi connectivity index (χ2n) is 4.57. The summed E-state index contributed by atoms with van der Waals surface area (Å²) >= 11 is 0. The number of hydrogen-bond donors (Lipinski definition) is 2. The monoisotopic (exact) mass is 247 g/mol. The minimum absolute atomic E-state index is 0.0718. The first kappa shape index (κ1) is 12.7. The Kier molecular flexibility index (Phi) is 4.45. The van der Waals surface area contributed by atoms with E-state index in [4.69, 9.17) is 0 Å². The lowest BCUT2D eigenvalue weighted by Gasteiger charge is -2.27. The third-order valence-electron chi connectivity index (χ3n) is 3.30. The molecule has 0 aromatic heterocycles. The minimum atomic E-state index is -0.0718. The van der Waals surface area contributed by atoms with Crippen molar-refractivity contribution in [1.82, 2.24) is 10.6 Å². The molecule has 0 unspecified atom stereocenters. The molecule has 1 aromatic carbocycles. The smallest absolute Gasteiger partial charge is 0.314 e. The molecule has 0 bridgehead atoms. The number of amides is 2. The number of para-hydroxylation sites is 1. The lowest BCUT2D eigenvalue weighted by atomic mass is 10.2. The molecule has 1 aliphatic rings. The molecule has 4 nitrogen and oxygen atoms in total. The van der Waals surface area contributed by atoms with E-state index in [1.54, 1.807) is 0 Å². The van der Waals surface area contributed by atoms with Crippen molar-refractivity contribution in [3.63, 3.8) is 0 Å². The molecular formula is C14H21N3O. The van der Waals surface area contributed by atoms with Gasteiger partial charge >= 0.3 is 6.03 Å². The number of anilines is 1. The standard InChI is InChI=1S/C14H21N3O/c1-2-15-14(18)16-11-13-9-6-10-17(13)12-7-4-3-5-8-12/h3-5,7-8,13H,2,6,9-11H2,1H3,(H2,15,16,18)/t13-/m0/s1. The van der Waals surface area contributed by atoms with Crippen LogP contribution in [0.15, 0.2) is 30.3 Å². The van der Waals surface area contributed by atoms with E-state index in [1.807, 2.05) is 13.0 Å². The zero-order chi connectivity index (χ0) is 12.8. The van der Waals surface area contributed by atoms with Crippen LogP contribution in [0.1, 0.15) is 19.8 Å². The summed E-state index contributed by atoms with van der Waals surface area (Å²) in [5.41, 5.74) is 1.25. The second-order valence-corrected chi connectivity index (χ2v) is 4.57. The lowest BCUT2D eigenvalue weighted by Crippen LogP contribution is -2.44. The third kappa shape index (κ3) is 3.15. The molecule has 1 fully saturated rings. The Morgan fingerprint density at radius 1 is 1.33 bits per heavy atom. The van der Waals surface area contributed by atoms with Crippen LogP contribution in [0.3, 0.4) is 0 Å². The molecule has 1 aliphatic heterocycles. The van der Waals surface area contributed by atoms with E-state index in [0.717, 1.165) is 13.0 Å². The van der Waals surface area contributed by atoms with Gasteiger partial charge in [0.1, 0.15) is 0 Å². The van der Waals surface area contributed by atoms with Crippen LogP contribution in [0, 0.1) is 0 Å². The van der Waals surface area contributed by atoms with E-state index in [-0.39, 0.29) is 6.03 Å². The highest BCUT2D eigenvalue weighted by atomic mass is 16.2. The first-order valence-corrected chi connectivity index (χ1v) is 6.64. The summed E-state index contributed by atoms with van der Waals surface area (Å²) in [7, 11) is 0. The van der Waals surface area contributed by atoms with Crippen molar-refractivity contribution in [3.05, 3.63) is 30.3 Å². The molecule has 1 saturated heterocycles. The van der Waals surface area contributed by atoms with E-state index >= 15 is 0 Å². The molecule has 98 valence electrons. The normalized spacial score (nSPS) is 18.7. The summed E-state index contributed by atoms with van der Waals surface area (Å²) in [5.74, 6) is 0. The predicted octanol–water partition coefficient (Wildman–Crippen LogP) is 1.97. The van der Waals surface area contributed by atoms with Crippen LogP contribution in [-0.4, -0.2) is 31.7 Å². The van der Waals surface area contributed by atoms with E-state index < -0.39 is 0 Å².